The fourth-order valence-corrected chi connectivity index (χ4v) is 2.65. The van der Waals surface area contributed by atoms with E-state index in [1.165, 1.54) is 6.07 Å². The molecule has 0 fully saturated rings. The van der Waals surface area contributed by atoms with Crippen LogP contribution in [-0.2, 0) is 4.79 Å². The molecule has 7 nitrogen and oxygen atoms in total. The highest BCUT2D eigenvalue weighted by atomic mass is 16.2. The molecule has 0 saturated carbocycles. The predicted octanol–water partition coefficient (Wildman–Crippen LogP) is 1.22. The lowest BCUT2D eigenvalue weighted by Gasteiger charge is -2.24. The molecule has 1 aromatic heterocycles. The molecular formula is C18H25N5O2. The van der Waals surface area contributed by atoms with Crippen LogP contribution in [0.2, 0.25) is 0 Å². The number of H-pyrrole nitrogens is 1. The van der Waals surface area contributed by atoms with Gasteiger partial charge in [0.05, 0.1) is 0 Å². The number of rotatable bonds is 7. The Hall–Kier alpha value is -2.67. The van der Waals surface area contributed by atoms with Gasteiger partial charge in [-0.15, -0.1) is 0 Å². The first-order chi connectivity index (χ1) is 11.9. The maximum absolute atomic E-state index is 12.6. The van der Waals surface area contributed by atoms with Crippen molar-refractivity contribution in [2.24, 2.45) is 0 Å². The van der Waals surface area contributed by atoms with Crippen LogP contribution in [0.4, 0.5) is 5.95 Å². The first-order valence-electron chi connectivity index (χ1n) is 8.19. The molecule has 25 heavy (non-hydrogen) atoms. The molecule has 0 saturated heterocycles. The summed E-state index contributed by atoms with van der Waals surface area (Å²) in [6.07, 6.45) is 0. The molecule has 0 aliphatic carbocycles. The minimum atomic E-state index is -0.350. The molecule has 1 aromatic carbocycles. The van der Waals surface area contributed by atoms with Crippen molar-refractivity contribution in [2.45, 2.75) is 19.9 Å². The number of likely N-dealkylation sites (N-methyl/N-ethyl adjacent to an activating group) is 1. The van der Waals surface area contributed by atoms with Crippen LogP contribution in [0, 0.1) is 13.8 Å². The zero-order chi connectivity index (χ0) is 18.4. The molecule has 0 radical (unpaired) electrons. The molecule has 0 aliphatic rings. The van der Waals surface area contributed by atoms with E-state index >= 15 is 0 Å². The molecule has 0 bridgehead atoms. The van der Waals surface area contributed by atoms with Crippen LogP contribution in [0.1, 0.15) is 22.9 Å². The van der Waals surface area contributed by atoms with Crippen molar-refractivity contribution in [1.29, 1.82) is 0 Å². The fourth-order valence-electron chi connectivity index (χ4n) is 2.65. The summed E-state index contributed by atoms with van der Waals surface area (Å²) in [6, 6.07) is 9.01. The van der Waals surface area contributed by atoms with E-state index in [0.29, 0.717) is 24.7 Å². The molecule has 1 amide bonds. The minimum Gasteiger partial charge on any atom is -0.354 e. The van der Waals surface area contributed by atoms with Crippen LogP contribution in [0.5, 0.6) is 0 Å². The maximum Gasteiger partial charge on any atom is 0.252 e. The van der Waals surface area contributed by atoms with Crippen LogP contribution in [0.25, 0.3) is 0 Å². The average Bonchev–Trinajstić information content (AvgIpc) is 2.50. The number of carbonyl (C=O) groups is 1. The number of aryl methyl sites for hydroxylation is 2. The Bertz CT molecular complexity index is 785. The first-order valence-corrected chi connectivity index (χ1v) is 8.19. The Morgan fingerprint density at radius 3 is 2.64 bits per heavy atom. The Morgan fingerprint density at radius 1 is 1.24 bits per heavy atom. The average molecular weight is 343 g/mol. The smallest absolute Gasteiger partial charge is 0.252 e. The van der Waals surface area contributed by atoms with Gasteiger partial charge in [0, 0.05) is 24.8 Å². The van der Waals surface area contributed by atoms with E-state index in [1.54, 1.807) is 6.92 Å². The first kappa shape index (κ1) is 18.7. The summed E-state index contributed by atoms with van der Waals surface area (Å²) in [6.45, 7) is 4.65. The number of amides is 1. The highest BCUT2D eigenvalue weighted by Crippen LogP contribution is 2.19. The Kier molecular flexibility index (Phi) is 6.30. The van der Waals surface area contributed by atoms with Crippen LogP contribution in [0.3, 0.4) is 0 Å². The zero-order valence-corrected chi connectivity index (χ0v) is 15.1. The lowest BCUT2D eigenvalue weighted by atomic mass is 10.0. The van der Waals surface area contributed by atoms with Crippen LogP contribution in [0.15, 0.2) is 35.1 Å². The molecule has 0 aliphatic heterocycles. The van der Waals surface area contributed by atoms with Crippen molar-refractivity contribution in [3.63, 3.8) is 0 Å². The molecule has 134 valence electrons. The van der Waals surface area contributed by atoms with Crippen LogP contribution < -0.4 is 16.2 Å². The van der Waals surface area contributed by atoms with Gasteiger partial charge >= 0.3 is 0 Å². The highest BCUT2D eigenvalue weighted by Gasteiger charge is 2.22. The van der Waals surface area contributed by atoms with Gasteiger partial charge in [0.25, 0.3) is 5.56 Å². The third kappa shape index (κ3) is 5.42. The van der Waals surface area contributed by atoms with Crippen molar-refractivity contribution in [2.75, 3.05) is 32.5 Å². The number of aromatic nitrogens is 2. The van der Waals surface area contributed by atoms with Gasteiger partial charge in [-0.2, -0.15) is 0 Å². The van der Waals surface area contributed by atoms with Crippen molar-refractivity contribution in [3.05, 3.63) is 57.5 Å². The number of benzene rings is 1. The summed E-state index contributed by atoms with van der Waals surface area (Å²) in [5.41, 5.74) is 2.52. The predicted molar refractivity (Wildman–Crippen MR) is 98.7 cm³/mol. The van der Waals surface area contributed by atoms with Crippen molar-refractivity contribution in [1.82, 2.24) is 20.2 Å². The monoisotopic (exact) mass is 343 g/mol. The van der Waals surface area contributed by atoms with Crippen LogP contribution >= 0.6 is 0 Å². The molecule has 2 aromatic rings. The van der Waals surface area contributed by atoms with Gasteiger partial charge in [-0.25, -0.2) is 4.98 Å². The second-order valence-electron chi connectivity index (χ2n) is 6.23. The van der Waals surface area contributed by atoms with Gasteiger partial charge in [-0.3, -0.25) is 19.5 Å². The third-order valence-electron chi connectivity index (χ3n) is 3.71. The van der Waals surface area contributed by atoms with Crippen molar-refractivity contribution < 1.29 is 4.79 Å². The van der Waals surface area contributed by atoms with E-state index in [2.05, 4.69) is 20.6 Å². The Morgan fingerprint density at radius 2 is 2.00 bits per heavy atom. The van der Waals surface area contributed by atoms with E-state index in [0.717, 1.165) is 11.1 Å². The van der Waals surface area contributed by atoms with Gasteiger partial charge < -0.3 is 10.6 Å². The van der Waals surface area contributed by atoms with E-state index < -0.39 is 0 Å². The second-order valence-corrected chi connectivity index (χ2v) is 6.23. The summed E-state index contributed by atoms with van der Waals surface area (Å²) in [7, 11) is 3.76. The van der Waals surface area contributed by atoms with Gasteiger partial charge in [0.1, 0.15) is 6.04 Å². The van der Waals surface area contributed by atoms with Crippen molar-refractivity contribution in [3.8, 4) is 0 Å². The Labute approximate surface area is 147 Å². The standard InChI is InChI=1S/C18H25N5O2/c1-12-6-5-7-14(10-12)16(23(3)4)17(25)19-8-9-20-18-21-13(2)11-15(24)22-18/h5-7,10-11,16H,8-9H2,1-4H3,(H,19,25)(H2,20,21,22,24)/t16-/m1/s1. The Balaban J connectivity index is 1.92. The lowest BCUT2D eigenvalue weighted by molar-refractivity contribution is -0.125. The summed E-state index contributed by atoms with van der Waals surface area (Å²) >= 11 is 0. The fraction of sp³-hybridized carbons (Fsp3) is 0.389. The quantitative estimate of drug-likeness (QED) is 0.658. The SMILES string of the molecule is Cc1cccc([C@H](C(=O)NCCNc2nc(C)cc(=O)[nH]2)N(C)C)c1. The largest absolute Gasteiger partial charge is 0.354 e. The number of carbonyl (C=O) groups excluding carboxylic acids is 1. The summed E-state index contributed by atoms with van der Waals surface area (Å²) < 4.78 is 0. The van der Waals surface area contributed by atoms with Crippen molar-refractivity contribution >= 4 is 11.9 Å². The van der Waals surface area contributed by atoms with Gasteiger partial charge in [-0.1, -0.05) is 29.8 Å². The summed E-state index contributed by atoms with van der Waals surface area (Å²) in [5, 5.41) is 5.92. The molecule has 2 rings (SSSR count). The maximum atomic E-state index is 12.6. The van der Waals surface area contributed by atoms with E-state index in [4.69, 9.17) is 0 Å². The minimum absolute atomic E-state index is 0.0666. The molecule has 0 unspecified atom stereocenters. The number of nitrogens with zero attached hydrogens (tertiary/aromatic N) is 2. The zero-order valence-electron chi connectivity index (χ0n) is 15.1. The number of anilines is 1. The second kappa shape index (κ2) is 8.43. The molecule has 3 N–H and O–H groups in total. The van der Waals surface area contributed by atoms with Gasteiger partial charge in [0.15, 0.2) is 0 Å². The molecule has 7 heteroatoms. The van der Waals surface area contributed by atoms with Crippen LogP contribution in [-0.4, -0.2) is 48.0 Å². The summed E-state index contributed by atoms with van der Waals surface area (Å²) in [5.74, 6) is 0.338. The molecule has 1 atom stereocenters. The van der Waals surface area contributed by atoms with E-state index in [-0.39, 0.29) is 17.5 Å². The normalized spacial score (nSPS) is 12.0. The molecular weight excluding hydrogens is 318 g/mol. The number of nitrogens with one attached hydrogen (secondary N) is 3. The van der Waals surface area contributed by atoms with Gasteiger partial charge in [-0.05, 0) is 33.5 Å². The number of aromatic amines is 1. The van der Waals surface area contributed by atoms with E-state index in [9.17, 15) is 9.59 Å². The number of hydrogen-bond donors (Lipinski definition) is 3. The topological polar surface area (TPSA) is 90.1 Å². The summed E-state index contributed by atoms with van der Waals surface area (Å²) in [4.78, 5) is 32.6. The third-order valence-corrected chi connectivity index (χ3v) is 3.71. The van der Waals surface area contributed by atoms with Gasteiger partial charge in [0.2, 0.25) is 11.9 Å². The highest BCUT2D eigenvalue weighted by molar-refractivity contribution is 5.83. The molecule has 1 heterocycles. The lowest BCUT2D eigenvalue weighted by Crippen LogP contribution is -2.39. The molecule has 0 spiro atoms. The van der Waals surface area contributed by atoms with E-state index in [1.807, 2.05) is 50.2 Å². The number of hydrogen-bond acceptors (Lipinski definition) is 5.